The van der Waals surface area contributed by atoms with Gasteiger partial charge in [-0.2, -0.15) is 0 Å². The van der Waals surface area contributed by atoms with Gasteiger partial charge in [-0.1, -0.05) is 0 Å². The molecule has 0 saturated heterocycles. The van der Waals surface area contributed by atoms with Gasteiger partial charge in [0.1, 0.15) is 24.9 Å². The molecule has 0 aromatic heterocycles. The van der Waals surface area contributed by atoms with Gasteiger partial charge < -0.3 is 30.3 Å². The van der Waals surface area contributed by atoms with E-state index in [1.54, 1.807) is 0 Å². The quantitative estimate of drug-likeness (QED) is 0.294. The predicted octanol–water partition coefficient (Wildman–Crippen LogP) is -3.45. The summed E-state index contributed by atoms with van der Waals surface area (Å²) in [6.45, 7) is -0.269. The summed E-state index contributed by atoms with van der Waals surface area (Å²) in [6, 6.07) is 0. The summed E-state index contributed by atoms with van der Waals surface area (Å²) in [4.78, 5) is 21.5. The summed E-state index contributed by atoms with van der Waals surface area (Å²) in [6.07, 6.45) is -7.78. The van der Waals surface area contributed by atoms with Crippen LogP contribution in [0.15, 0.2) is 0 Å². The average molecular weight is 252 g/mol. The molecule has 8 nitrogen and oxygen atoms in total. The Labute approximate surface area is 97.1 Å². The fraction of sp³-hybridized carbons (Fsp3) is 0.778. The van der Waals surface area contributed by atoms with Crippen LogP contribution in [0.1, 0.15) is 6.92 Å². The van der Waals surface area contributed by atoms with Crippen LogP contribution in [-0.2, 0) is 14.3 Å². The molecule has 0 saturated carbocycles. The Hall–Kier alpha value is -1.06. The Bertz CT molecular complexity index is 266. The lowest BCUT2D eigenvalue weighted by atomic mass is 10.0. The van der Waals surface area contributed by atoms with Gasteiger partial charge in [0, 0.05) is 0 Å². The zero-order valence-corrected chi connectivity index (χ0v) is 9.18. The molecule has 4 unspecified atom stereocenters. The minimum Gasteiger partial charge on any atom is -0.456 e. The molecule has 0 aliphatic carbocycles. The summed E-state index contributed by atoms with van der Waals surface area (Å²) < 4.78 is 4.30. The molecule has 8 heteroatoms. The molecule has 0 radical (unpaired) electrons. The molecular formula is C9H16O8. The van der Waals surface area contributed by atoms with Crippen molar-refractivity contribution in [1.82, 2.24) is 0 Å². The van der Waals surface area contributed by atoms with Crippen molar-refractivity contribution in [2.45, 2.75) is 31.3 Å². The summed E-state index contributed by atoms with van der Waals surface area (Å²) in [7, 11) is 0. The van der Waals surface area contributed by atoms with Crippen LogP contribution in [-0.4, -0.2) is 74.9 Å². The topological polar surface area (TPSA) is 145 Å². The molecule has 0 bridgehead atoms. The van der Waals surface area contributed by atoms with Gasteiger partial charge in [-0.15, -0.1) is 0 Å². The molecule has 5 N–H and O–H groups in total. The second-order valence-electron chi connectivity index (χ2n) is 3.49. The van der Waals surface area contributed by atoms with Crippen LogP contribution in [0, 0.1) is 0 Å². The van der Waals surface area contributed by atoms with Crippen molar-refractivity contribution in [1.29, 1.82) is 0 Å². The first-order chi connectivity index (χ1) is 7.81. The SMILES string of the molecule is CC(=O)COC(=O)C(O)C(O)C(O)C(O)CO. The third kappa shape index (κ3) is 5.20. The number of hydrogen-bond acceptors (Lipinski definition) is 8. The van der Waals surface area contributed by atoms with E-state index >= 15 is 0 Å². The normalized spacial score (nSPS) is 18.0. The number of aliphatic hydroxyl groups excluding tert-OH is 5. The standard InChI is InChI=1S/C9H16O8/c1-4(11)3-17-9(16)8(15)7(14)6(13)5(12)2-10/h5-8,10,12-15H,2-3H2,1H3. The molecule has 0 spiro atoms. The lowest BCUT2D eigenvalue weighted by molar-refractivity contribution is -0.171. The highest BCUT2D eigenvalue weighted by molar-refractivity contribution is 5.81. The second kappa shape index (κ2) is 7.30. The fourth-order valence-corrected chi connectivity index (χ4v) is 0.920. The van der Waals surface area contributed by atoms with Gasteiger partial charge >= 0.3 is 5.97 Å². The second-order valence-corrected chi connectivity index (χ2v) is 3.49. The summed E-state index contributed by atoms with van der Waals surface area (Å²) in [5.74, 6) is -1.77. The summed E-state index contributed by atoms with van der Waals surface area (Å²) >= 11 is 0. The zero-order chi connectivity index (χ0) is 13.6. The maximum atomic E-state index is 11.1. The fourth-order valence-electron chi connectivity index (χ4n) is 0.920. The van der Waals surface area contributed by atoms with E-state index in [1.165, 1.54) is 0 Å². The average Bonchev–Trinajstić information content (AvgIpc) is 2.31. The number of aliphatic hydroxyl groups is 5. The monoisotopic (exact) mass is 252 g/mol. The van der Waals surface area contributed by atoms with E-state index in [4.69, 9.17) is 10.2 Å². The van der Waals surface area contributed by atoms with Crippen LogP contribution in [0.25, 0.3) is 0 Å². The molecule has 0 aliphatic rings. The molecule has 0 aliphatic heterocycles. The van der Waals surface area contributed by atoms with Crippen molar-refractivity contribution in [3.63, 3.8) is 0 Å². The van der Waals surface area contributed by atoms with Crippen molar-refractivity contribution < 1.29 is 39.9 Å². The molecule has 0 fully saturated rings. The molecule has 17 heavy (non-hydrogen) atoms. The smallest absolute Gasteiger partial charge is 0.338 e. The highest BCUT2D eigenvalue weighted by Crippen LogP contribution is 2.06. The number of carbonyl (C=O) groups is 2. The van der Waals surface area contributed by atoms with Crippen LogP contribution in [0.3, 0.4) is 0 Å². The third-order valence-electron chi connectivity index (χ3n) is 1.91. The first-order valence-electron chi connectivity index (χ1n) is 4.80. The minimum absolute atomic E-state index is 0.462. The number of rotatable bonds is 7. The number of carbonyl (C=O) groups excluding carboxylic acids is 2. The molecule has 4 atom stereocenters. The van der Waals surface area contributed by atoms with E-state index < -0.39 is 49.4 Å². The van der Waals surface area contributed by atoms with Gasteiger partial charge in [-0.25, -0.2) is 4.79 Å². The Morgan fingerprint density at radius 3 is 2.06 bits per heavy atom. The van der Waals surface area contributed by atoms with Crippen molar-refractivity contribution >= 4 is 11.8 Å². The first kappa shape index (κ1) is 15.9. The van der Waals surface area contributed by atoms with Crippen LogP contribution < -0.4 is 0 Å². The van der Waals surface area contributed by atoms with E-state index in [0.29, 0.717) is 0 Å². The van der Waals surface area contributed by atoms with Crippen molar-refractivity contribution in [3.05, 3.63) is 0 Å². The molecule has 0 rings (SSSR count). The van der Waals surface area contributed by atoms with Crippen LogP contribution in [0.5, 0.6) is 0 Å². The largest absolute Gasteiger partial charge is 0.456 e. The predicted molar refractivity (Wildman–Crippen MR) is 52.8 cm³/mol. The molecule has 0 aromatic carbocycles. The minimum atomic E-state index is -2.12. The van der Waals surface area contributed by atoms with Gasteiger partial charge in [0.25, 0.3) is 0 Å². The van der Waals surface area contributed by atoms with Crippen molar-refractivity contribution in [2.75, 3.05) is 13.2 Å². The maximum absolute atomic E-state index is 11.1. The molecular weight excluding hydrogens is 236 g/mol. The Kier molecular flexibility index (Phi) is 6.85. The molecule has 0 amide bonds. The van der Waals surface area contributed by atoms with Gasteiger partial charge in [0.15, 0.2) is 11.9 Å². The van der Waals surface area contributed by atoms with Crippen LogP contribution >= 0.6 is 0 Å². The van der Waals surface area contributed by atoms with Gasteiger partial charge in [0.2, 0.25) is 0 Å². The van der Waals surface area contributed by atoms with E-state index in [2.05, 4.69) is 4.74 Å². The number of Topliss-reactive ketones (excluding diaryl/α,β-unsaturated/α-hetero) is 1. The molecule has 100 valence electrons. The van der Waals surface area contributed by atoms with Gasteiger partial charge in [-0.3, -0.25) is 4.79 Å². The van der Waals surface area contributed by atoms with E-state index in [-0.39, 0.29) is 0 Å². The van der Waals surface area contributed by atoms with Crippen LogP contribution in [0.4, 0.5) is 0 Å². The Morgan fingerprint density at radius 2 is 1.65 bits per heavy atom. The van der Waals surface area contributed by atoms with Gasteiger partial charge in [-0.05, 0) is 6.92 Å². The maximum Gasteiger partial charge on any atom is 0.338 e. The first-order valence-corrected chi connectivity index (χ1v) is 4.80. The third-order valence-corrected chi connectivity index (χ3v) is 1.91. The van der Waals surface area contributed by atoms with Gasteiger partial charge in [0.05, 0.1) is 6.61 Å². The number of ether oxygens (including phenoxy) is 1. The molecule has 0 aromatic rings. The lowest BCUT2D eigenvalue weighted by Crippen LogP contribution is -2.49. The highest BCUT2D eigenvalue weighted by atomic mass is 16.6. The van der Waals surface area contributed by atoms with E-state index in [1.807, 2.05) is 0 Å². The van der Waals surface area contributed by atoms with Crippen LogP contribution in [0.2, 0.25) is 0 Å². The number of ketones is 1. The highest BCUT2D eigenvalue weighted by Gasteiger charge is 2.35. The van der Waals surface area contributed by atoms with Crippen molar-refractivity contribution in [2.24, 2.45) is 0 Å². The van der Waals surface area contributed by atoms with E-state index in [9.17, 15) is 24.9 Å². The summed E-state index contributed by atoms with van der Waals surface area (Å²) in [5, 5.41) is 45.1. The number of esters is 1. The Morgan fingerprint density at radius 1 is 1.12 bits per heavy atom. The van der Waals surface area contributed by atoms with Crippen molar-refractivity contribution in [3.8, 4) is 0 Å². The lowest BCUT2D eigenvalue weighted by Gasteiger charge is -2.24. The summed E-state index contributed by atoms with van der Waals surface area (Å²) in [5.41, 5.74) is 0. The molecule has 0 heterocycles. The zero-order valence-electron chi connectivity index (χ0n) is 9.18. The Balaban J connectivity index is 4.32. The number of hydrogen-bond donors (Lipinski definition) is 5. The van der Waals surface area contributed by atoms with E-state index in [0.717, 1.165) is 6.92 Å².